The van der Waals surface area contributed by atoms with Crippen LogP contribution in [0, 0.1) is 5.21 Å². The first-order chi connectivity index (χ1) is 7.43. The van der Waals surface area contributed by atoms with E-state index in [2.05, 4.69) is 0 Å². The van der Waals surface area contributed by atoms with E-state index < -0.39 is 0 Å². The molecule has 0 fully saturated rings. The molecule has 0 aliphatic rings. The molecule has 0 spiro atoms. The molecule has 0 aliphatic heterocycles. The van der Waals surface area contributed by atoms with Crippen molar-refractivity contribution in [3.63, 3.8) is 0 Å². The van der Waals surface area contributed by atoms with E-state index in [1.54, 1.807) is 13.3 Å². The zero-order valence-corrected chi connectivity index (χ0v) is 10.4. The first-order valence-electron chi connectivity index (χ1n) is 5.36. The minimum atomic E-state index is -0.369. The third-order valence-corrected chi connectivity index (χ3v) is 2.31. The Hall–Kier alpha value is -1.51. The maximum Gasteiger partial charge on any atom is 0.164 e. The van der Waals surface area contributed by atoms with Crippen LogP contribution >= 0.6 is 0 Å². The molecular formula is C13H19NO2. The van der Waals surface area contributed by atoms with Gasteiger partial charge < -0.3 is 9.94 Å². The van der Waals surface area contributed by atoms with Crippen LogP contribution < -0.4 is 4.74 Å². The highest BCUT2D eigenvalue weighted by atomic mass is 16.5. The minimum Gasteiger partial charge on any atom is -0.624 e. The smallest absolute Gasteiger partial charge is 0.164 e. The molecule has 0 saturated heterocycles. The van der Waals surface area contributed by atoms with Crippen molar-refractivity contribution >= 4 is 6.21 Å². The van der Waals surface area contributed by atoms with E-state index in [-0.39, 0.29) is 5.54 Å². The largest absolute Gasteiger partial charge is 0.624 e. The Morgan fingerprint density at radius 2 is 1.81 bits per heavy atom. The lowest BCUT2D eigenvalue weighted by molar-refractivity contribution is -0.531. The third kappa shape index (κ3) is 3.57. The summed E-state index contributed by atoms with van der Waals surface area (Å²) in [5.74, 6) is 0.832. The molecule has 16 heavy (non-hydrogen) atoms. The molecule has 1 aromatic carbocycles. The van der Waals surface area contributed by atoms with Gasteiger partial charge >= 0.3 is 0 Å². The zero-order valence-electron chi connectivity index (χ0n) is 10.4. The lowest BCUT2D eigenvalue weighted by Gasteiger charge is -2.18. The second-order valence-electron chi connectivity index (χ2n) is 4.73. The lowest BCUT2D eigenvalue weighted by Crippen LogP contribution is -2.29. The van der Waals surface area contributed by atoms with E-state index in [1.807, 2.05) is 45.0 Å². The number of benzene rings is 1. The Morgan fingerprint density at radius 1 is 1.25 bits per heavy atom. The van der Waals surface area contributed by atoms with Crippen molar-refractivity contribution in [1.29, 1.82) is 0 Å². The number of methoxy groups -OCH3 is 1. The summed E-state index contributed by atoms with van der Waals surface area (Å²) in [6.07, 6.45) is 2.31. The van der Waals surface area contributed by atoms with Gasteiger partial charge in [0.15, 0.2) is 11.8 Å². The summed E-state index contributed by atoms with van der Waals surface area (Å²) < 4.78 is 6.06. The molecular weight excluding hydrogens is 202 g/mol. The molecule has 0 amide bonds. The second-order valence-corrected chi connectivity index (χ2v) is 4.73. The molecule has 0 aliphatic carbocycles. The van der Waals surface area contributed by atoms with Crippen LogP contribution in [0.2, 0.25) is 0 Å². The van der Waals surface area contributed by atoms with Crippen LogP contribution in [0.3, 0.4) is 0 Å². The van der Waals surface area contributed by atoms with Gasteiger partial charge in [-0.2, -0.15) is 0 Å². The predicted molar refractivity (Wildman–Crippen MR) is 66.1 cm³/mol. The summed E-state index contributed by atoms with van der Waals surface area (Å²) in [5, 5.41) is 11.6. The van der Waals surface area contributed by atoms with Gasteiger partial charge in [-0.05, 0) is 17.7 Å². The van der Waals surface area contributed by atoms with Crippen LogP contribution in [0.1, 0.15) is 26.3 Å². The SMILES string of the molecule is COc1ccc(CC=[N+]([O-])C(C)(C)C)cc1. The molecule has 0 bridgehead atoms. The number of rotatable bonds is 3. The van der Waals surface area contributed by atoms with E-state index in [1.165, 1.54) is 0 Å². The molecule has 0 radical (unpaired) electrons. The summed E-state index contributed by atoms with van der Waals surface area (Å²) in [5.41, 5.74) is 0.734. The topological polar surface area (TPSA) is 35.3 Å². The van der Waals surface area contributed by atoms with Crippen molar-refractivity contribution < 1.29 is 9.48 Å². The van der Waals surface area contributed by atoms with Crippen LogP contribution in [0.15, 0.2) is 24.3 Å². The van der Waals surface area contributed by atoms with Crippen molar-refractivity contribution in [1.82, 2.24) is 0 Å². The molecule has 0 aromatic heterocycles. The Kier molecular flexibility index (Phi) is 3.93. The van der Waals surface area contributed by atoms with Crippen LogP contribution in [0.4, 0.5) is 0 Å². The molecule has 3 nitrogen and oxygen atoms in total. The first kappa shape index (κ1) is 12.6. The van der Waals surface area contributed by atoms with Gasteiger partial charge in [-0.25, -0.2) is 4.74 Å². The highest BCUT2D eigenvalue weighted by Crippen LogP contribution is 2.11. The minimum absolute atomic E-state index is 0.369. The van der Waals surface area contributed by atoms with E-state index in [9.17, 15) is 5.21 Å². The number of ether oxygens (including phenoxy) is 1. The van der Waals surface area contributed by atoms with Crippen LogP contribution in [0.25, 0.3) is 0 Å². The maximum atomic E-state index is 11.6. The predicted octanol–water partition coefficient (Wildman–Crippen LogP) is 2.62. The van der Waals surface area contributed by atoms with Gasteiger partial charge in [0.2, 0.25) is 0 Å². The van der Waals surface area contributed by atoms with Crippen LogP contribution in [-0.4, -0.2) is 23.6 Å². The number of nitrogens with zero attached hydrogens (tertiary/aromatic N) is 1. The fourth-order valence-electron chi connectivity index (χ4n) is 1.22. The Morgan fingerprint density at radius 3 is 2.25 bits per heavy atom. The lowest BCUT2D eigenvalue weighted by atomic mass is 10.1. The van der Waals surface area contributed by atoms with Crippen molar-refractivity contribution in [2.45, 2.75) is 32.7 Å². The maximum absolute atomic E-state index is 11.6. The Bertz CT molecular complexity index is 361. The highest BCUT2D eigenvalue weighted by Gasteiger charge is 2.17. The van der Waals surface area contributed by atoms with Crippen molar-refractivity contribution in [2.24, 2.45) is 0 Å². The van der Waals surface area contributed by atoms with Crippen LogP contribution in [0.5, 0.6) is 5.75 Å². The summed E-state index contributed by atoms with van der Waals surface area (Å²) in [6, 6.07) is 7.72. The zero-order chi connectivity index (χ0) is 12.2. The van der Waals surface area contributed by atoms with E-state index in [0.717, 1.165) is 16.1 Å². The number of hydroxylamine groups is 1. The Labute approximate surface area is 97.0 Å². The van der Waals surface area contributed by atoms with Crippen LogP contribution in [-0.2, 0) is 6.42 Å². The quantitative estimate of drug-likeness (QED) is 0.340. The van der Waals surface area contributed by atoms with Gasteiger partial charge in [-0.15, -0.1) is 0 Å². The van der Waals surface area contributed by atoms with Crippen molar-refractivity contribution in [3.05, 3.63) is 35.0 Å². The van der Waals surface area contributed by atoms with E-state index >= 15 is 0 Å². The van der Waals surface area contributed by atoms with Gasteiger partial charge in [0.1, 0.15) is 5.75 Å². The summed E-state index contributed by atoms with van der Waals surface area (Å²) in [7, 11) is 1.64. The number of hydrogen-bond acceptors (Lipinski definition) is 2. The molecule has 0 unspecified atom stereocenters. The molecule has 3 heteroatoms. The average Bonchev–Trinajstić information content (AvgIpc) is 2.25. The van der Waals surface area contributed by atoms with Crippen molar-refractivity contribution in [2.75, 3.05) is 7.11 Å². The van der Waals surface area contributed by atoms with Crippen molar-refractivity contribution in [3.8, 4) is 5.75 Å². The molecule has 0 N–H and O–H groups in total. The van der Waals surface area contributed by atoms with Gasteiger partial charge in [-0.3, -0.25) is 0 Å². The molecule has 0 saturated carbocycles. The molecule has 0 atom stereocenters. The van der Waals surface area contributed by atoms with Gasteiger partial charge in [0, 0.05) is 20.8 Å². The van der Waals surface area contributed by atoms with E-state index in [4.69, 9.17) is 4.74 Å². The summed E-state index contributed by atoms with van der Waals surface area (Å²) in [4.78, 5) is 0. The fraction of sp³-hybridized carbons (Fsp3) is 0.462. The fourth-order valence-corrected chi connectivity index (χ4v) is 1.22. The van der Waals surface area contributed by atoms with Gasteiger partial charge in [0.25, 0.3) is 0 Å². The normalized spacial score (nSPS) is 12.6. The number of hydrogen-bond donors (Lipinski definition) is 0. The standard InChI is InChI=1S/C13H19NO2/c1-13(2,3)14(15)10-9-11-5-7-12(16-4)8-6-11/h5-8,10H,9H2,1-4H3. The summed E-state index contributed by atoms with van der Waals surface area (Å²) in [6.45, 7) is 5.68. The third-order valence-electron chi connectivity index (χ3n) is 2.31. The molecule has 88 valence electrons. The molecule has 1 aromatic rings. The molecule has 0 heterocycles. The Balaban J connectivity index is 2.67. The second kappa shape index (κ2) is 5.01. The summed E-state index contributed by atoms with van der Waals surface area (Å²) >= 11 is 0. The first-order valence-corrected chi connectivity index (χ1v) is 5.36. The molecule has 1 rings (SSSR count). The average molecular weight is 221 g/mol. The van der Waals surface area contributed by atoms with Gasteiger partial charge in [0.05, 0.1) is 13.5 Å². The monoisotopic (exact) mass is 221 g/mol. The van der Waals surface area contributed by atoms with Gasteiger partial charge in [-0.1, -0.05) is 12.1 Å². The van der Waals surface area contributed by atoms with E-state index in [0.29, 0.717) is 6.42 Å². The highest BCUT2D eigenvalue weighted by molar-refractivity contribution is 5.56.